The van der Waals surface area contributed by atoms with Gasteiger partial charge in [0.1, 0.15) is 6.04 Å². The Bertz CT molecular complexity index is 738. The maximum atomic E-state index is 12.1. The zero-order chi connectivity index (χ0) is 17.5. The molecule has 0 aliphatic heterocycles. The van der Waals surface area contributed by atoms with E-state index in [4.69, 9.17) is 4.74 Å². The predicted octanol–water partition coefficient (Wildman–Crippen LogP) is 0.894. The van der Waals surface area contributed by atoms with Gasteiger partial charge in [-0.2, -0.15) is 0 Å². The molecule has 1 aromatic carbocycles. The number of nitrogens with one attached hydrogen (secondary N) is 3. The van der Waals surface area contributed by atoms with Crippen LogP contribution in [0.15, 0.2) is 30.5 Å². The number of esters is 1. The Hall–Kier alpha value is -2.83. The molecule has 7 heteroatoms. The normalized spacial score (nSPS) is 11.8. The number of para-hydroxylation sites is 1. The second kappa shape index (κ2) is 8.14. The second-order valence-electron chi connectivity index (χ2n) is 5.35. The molecule has 2 amide bonds. The van der Waals surface area contributed by atoms with Gasteiger partial charge in [-0.25, -0.2) is 4.79 Å². The molecule has 24 heavy (non-hydrogen) atoms. The number of hydrogen-bond donors (Lipinski definition) is 3. The summed E-state index contributed by atoms with van der Waals surface area (Å²) in [5.74, 6) is -1.25. The number of carbonyl (C=O) groups is 3. The Morgan fingerprint density at radius 2 is 2.00 bits per heavy atom. The third-order valence-electron chi connectivity index (χ3n) is 3.50. The van der Waals surface area contributed by atoms with Crippen molar-refractivity contribution in [1.82, 2.24) is 15.6 Å². The largest absolute Gasteiger partial charge is 0.464 e. The lowest BCUT2D eigenvalue weighted by Gasteiger charge is -2.17. The van der Waals surface area contributed by atoms with Gasteiger partial charge in [0.05, 0.1) is 13.2 Å². The first-order valence-corrected chi connectivity index (χ1v) is 7.76. The van der Waals surface area contributed by atoms with E-state index in [1.165, 1.54) is 6.92 Å². The quantitative estimate of drug-likeness (QED) is 0.656. The van der Waals surface area contributed by atoms with Gasteiger partial charge in [-0.05, 0) is 18.6 Å². The summed E-state index contributed by atoms with van der Waals surface area (Å²) < 4.78 is 5.04. The van der Waals surface area contributed by atoms with E-state index in [-0.39, 0.29) is 19.1 Å². The number of carbonyl (C=O) groups excluding carboxylic acids is 3. The minimum absolute atomic E-state index is 0.181. The number of hydrogen-bond acceptors (Lipinski definition) is 4. The number of H-pyrrole nitrogens is 1. The molecule has 2 rings (SSSR count). The Morgan fingerprint density at radius 3 is 2.71 bits per heavy atom. The summed E-state index contributed by atoms with van der Waals surface area (Å²) in [7, 11) is 0. The Labute approximate surface area is 139 Å². The van der Waals surface area contributed by atoms with Crippen molar-refractivity contribution in [1.29, 1.82) is 0 Å². The molecule has 7 nitrogen and oxygen atoms in total. The minimum atomic E-state index is -0.814. The van der Waals surface area contributed by atoms with Crippen molar-refractivity contribution in [2.24, 2.45) is 0 Å². The highest BCUT2D eigenvalue weighted by atomic mass is 16.5. The van der Waals surface area contributed by atoms with Crippen LogP contribution in [0.5, 0.6) is 0 Å². The Kier molecular flexibility index (Phi) is 5.95. The zero-order valence-electron chi connectivity index (χ0n) is 13.7. The molecule has 0 aliphatic rings. The van der Waals surface area contributed by atoms with Gasteiger partial charge in [0.25, 0.3) is 0 Å². The fraction of sp³-hybridized carbons (Fsp3) is 0.353. The molecular weight excluding hydrogens is 310 g/mol. The topological polar surface area (TPSA) is 100 Å². The summed E-state index contributed by atoms with van der Waals surface area (Å²) >= 11 is 0. The smallest absolute Gasteiger partial charge is 0.328 e. The van der Waals surface area contributed by atoms with E-state index in [0.717, 1.165) is 16.5 Å². The number of aromatic nitrogens is 1. The van der Waals surface area contributed by atoms with Crippen molar-refractivity contribution in [3.63, 3.8) is 0 Å². The fourth-order valence-corrected chi connectivity index (χ4v) is 2.41. The lowest BCUT2D eigenvalue weighted by atomic mass is 10.0. The molecule has 0 aliphatic carbocycles. The van der Waals surface area contributed by atoms with E-state index < -0.39 is 17.9 Å². The molecule has 3 N–H and O–H groups in total. The van der Waals surface area contributed by atoms with Crippen LogP contribution in [0.2, 0.25) is 0 Å². The summed E-state index contributed by atoms with van der Waals surface area (Å²) in [6.07, 6.45) is 2.12. The number of rotatable bonds is 7. The van der Waals surface area contributed by atoms with Crippen LogP contribution in [0.3, 0.4) is 0 Å². The molecular formula is C17H21N3O4. The highest BCUT2D eigenvalue weighted by Gasteiger charge is 2.23. The summed E-state index contributed by atoms with van der Waals surface area (Å²) in [5.41, 5.74) is 1.86. The Morgan fingerprint density at radius 1 is 1.25 bits per heavy atom. The van der Waals surface area contributed by atoms with Crippen molar-refractivity contribution in [2.45, 2.75) is 26.3 Å². The van der Waals surface area contributed by atoms with Crippen molar-refractivity contribution in [3.05, 3.63) is 36.0 Å². The van der Waals surface area contributed by atoms with E-state index in [0.29, 0.717) is 6.42 Å². The van der Waals surface area contributed by atoms with E-state index in [1.807, 2.05) is 30.5 Å². The standard InChI is InChI=1S/C17H21N3O4/c1-3-24-17(23)15(20-16(22)10-18-11(2)21)8-12-9-19-14-7-5-4-6-13(12)14/h4-7,9,15,19H,3,8,10H2,1-2H3,(H,18,21)(H,20,22)/t15-/m0/s1. The van der Waals surface area contributed by atoms with E-state index in [1.54, 1.807) is 6.92 Å². The first-order valence-electron chi connectivity index (χ1n) is 7.76. The fourth-order valence-electron chi connectivity index (χ4n) is 2.41. The summed E-state index contributed by atoms with van der Waals surface area (Å²) in [6, 6.07) is 6.90. The van der Waals surface area contributed by atoms with Crippen LogP contribution in [0, 0.1) is 0 Å². The lowest BCUT2D eigenvalue weighted by Crippen LogP contribution is -2.47. The average Bonchev–Trinajstić information content (AvgIpc) is 2.96. The first-order chi connectivity index (χ1) is 11.5. The first kappa shape index (κ1) is 17.5. The van der Waals surface area contributed by atoms with Gasteiger partial charge in [-0.1, -0.05) is 18.2 Å². The molecule has 1 atom stereocenters. The zero-order valence-corrected chi connectivity index (χ0v) is 13.7. The van der Waals surface area contributed by atoms with Gasteiger partial charge in [0.2, 0.25) is 11.8 Å². The van der Waals surface area contributed by atoms with Gasteiger partial charge in [0, 0.05) is 30.4 Å². The molecule has 0 fully saturated rings. The van der Waals surface area contributed by atoms with Gasteiger partial charge in [-0.3, -0.25) is 9.59 Å². The monoisotopic (exact) mass is 331 g/mol. The predicted molar refractivity (Wildman–Crippen MR) is 89.3 cm³/mol. The third-order valence-corrected chi connectivity index (χ3v) is 3.50. The molecule has 1 heterocycles. The third kappa shape index (κ3) is 4.58. The van der Waals surface area contributed by atoms with E-state index in [2.05, 4.69) is 15.6 Å². The van der Waals surface area contributed by atoms with Crippen LogP contribution in [-0.4, -0.2) is 42.0 Å². The van der Waals surface area contributed by atoms with Crippen molar-refractivity contribution >= 4 is 28.7 Å². The molecule has 0 radical (unpaired) electrons. The van der Waals surface area contributed by atoms with Crippen molar-refractivity contribution in [2.75, 3.05) is 13.2 Å². The van der Waals surface area contributed by atoms with Crippen LogP contribution in [-0.2, 0) is 25.5 Å². The summed E-state index contributed by atoms with van der Waals surface area (Å²) in [5, 5.41) is 6.01. The van der Waals surface area contributed by atoms with E-state index in [9.17, 15) is 14.4 Å². The molecule has 2 aromatic rings. The second-order valence-corrected chi connectivity index (χ2v) is 5.35. The molecule has 0 bridgehead atoms. The average molecular weight is 331 g/mol. The molecule has 0 unspecified atom stereocenters. The summed E-state index contributed by atoms with van der Waals surface area (Å²) in [4.78, 5) is 38.1. The highest BCUT2D eigenvalue weighted by molar-refractivity contribution is 5.89. The number of fused-ring (bicyclic) bond motifs is 1. The molecule has 0 saturated heterocycles. The Balaban J connectivity index is 2.12. The number of ether oxygens (including phenoxy) is 1. The molecule has 1 aromatic heterocycles. The molecule has 0 spiro atoms. The number of benzene rings is 1. The van der Waals surface area contributed by atoms with Crippen LogP contribution in [0.1, 0.15) is 19.4 Å². The maximum Gasteiger partial charge on any atom is 0.328 e. The van der Waals surface area contributed by atoms with Crippen LogP contribution in [0.25, 0.3) is 10.9 Å². The summed E-state index contributed by atoms with van der Waals surface area (Å²) in [6.45, 7) is 3.08. The van der Waals surface area contributed by atoms with Crippen molar-refractivity contribution < 1.29 is 19.1 Å². The molecule has 128 valence electrons. The lowest BCUT2D eigenvalue weighted by molar-refractivity contribution is -0.147. The molecule has 0 saturated carbocycles. The van der Waals surface area contributed by atoms with Crippen LogP contribution in [0.4, 0.5) is 0 Å². The number of aromatic amines is 1. The maximum absolute atomic E-state index is 12.1. The van der Waals surface area contributed by atoms with Crippen molar-refractivity contribution in [3.8, 4) is 0 Å². The minimum Gasteiger partial charge on any atom is -0.464 e. The SMILES string of the molecule is CCOC(=O)[C@H](Cc1c[nH]c2ccccc12)NC(=O)CNC(C)=O. The van der Waals surface area contributed by atoms with Crippen LogP contribution >= 0.6 is 0 Å². The van der Waals surface area contributed by atoms with Gasteiger partial charge >= 0.3 is 5.97 Å². The van der Waals surface area contributed by atoms with Gasteiger partial charge in [0.15, 0.2) is 0 Å². The number of amides is 2. The van der Waals surface area contributed by atoms with Gasteiger partial charge < -0.3 is 20.4 Å². The van der Waals surface area contributed by atoms with E-state index >= 15 is 0 Å². The highest BCUT2D eigenvalue weighted by Crippen LogP contribution is 2.19. The van der Waals surface area contributed by atoms with Crippen LogP contribution < -0.4 is 10.6 Å². The van der Waals surface area contributed by atoms with Gasteiger partial charge in [-0.15, -0.1) is 0 Å².